The molecule has 1 aromatic carbocycles. The number of benzene rings is 1. The Bertz CT molecular complexity index is 404. The normalized spacial score (nSPS) is 20.7. The molecule has 0 aromatic heterocycles. The third-order valence-electron chi connectivity index (χ3n) is 2.34. The van der Waals surface area contributed by atoms with E-state index in [2.05, 4.69) is 10.3 Å². The zero-order valence-corrected chi connectivity index (χ0v) is 9.52. The van der Waals surface area contributed by atoms with Crippen LogP contribution in [0.5, 0.6) is 0 Å². The topological polar surface area (TPSA) is 50.4 Å². The van der Waals surface area contributed by atoms with Crippen LogP contribution in [0.2, 0.25) is 10.0 Å². The minimum atomic E-state index is 0.0380. The third-order valence-corrected chi connectivity index (χ3v) is 2.90. The Labute approximate surface area is 98.3 Å². The number of nitrogens with one attached hydrogen (secondary N) is 1. The molecule has 1 unspecified atom stereocenters. The quantitative estimate of drug-likeness (QED) is 0.796. The smallest absolute Gasteiger partial charge is 0.189 e. The van der Waals surface area contributed by atoms with Gasteiger partial charge in [0, 0.05) is 16.6 Å². The van der Waals surface area contributed by atoms with Gasteiger partial charge in [-0.2, -0.15) is 0 Å². The van der Waals surface area contributed by atoms with Gasteiger partial charge in [-0.15, -0.1) is 0 Å². The molecule has 15 heavy (non-hydrogen) atoms. The van der Waals surface area contributed by atoms with Crippen molar-refractivity contribution in [2.24, 2.45) is 10.7 Å². The Morgan fingerprint density at radius 3 is 2.87 bits per heavy atom. The Morgan fingerprint density at radius 2 is 2.20 bits per heavy atom. The van der Waals surface area contributed by atoms with Crippen molar-refractivity contribution in [1.82, 2.24) is 5.32 Å². The molecule has 0 saturated carbocycles. The van der Waals surface area contributed by atoms with Crippen LogP contribution in [-0.4, -0.2) is 12.5 Å². The fraction of sp³-hybridized carbons (Fsp3) is 0.300. The number of hydrogen-bond donors (Lipinski definition) is 2. The second kappa shape index (κ2) is 4.29. The molecule has 1 heterocycles. The van der Waals surface area contributed by atoms with Gasteiger partial charge < -0.3 is 11.1 Å². The second-order valence-electron chi connectivity index (χ2n) is 3.41. The first-order valence-electron chi connectivity index (χ1n) is 4.69. The van der Waals surface area contributed by atoms with E-state index in [1.807, 2.05) is 12.1 Å². The van der Waals surface area contributed by atoms with Crippen LogP contribution >= 0.6 is 23.2 Å². The lowest BCUT2D eigenvalue weighted by atomic mass is 10.0. The van der Waals surface area contributed by atoms with Gasteiger partial charge in [0.25, 0.3) is 0 Å². The molecule has 0 fully saturated rings. The minimum absolute atomic E-state index is 0.0380. The molecule has 0 radical (unpaired) electrons. The SMILES string of the molecule is NC1=NC(c2ccc(Cl)cc2Cl)CCN1. The molecule has 3 N–H and O–H groups in total. The summed E-state index contributed by atoms with van der Waals surface area (Å²) in [4.78, 5) is 4.30. The van der Waals surface area contributed by atoms with Gasteiger partial charge >= 0.3 is 0 Å². The van der Waals surface area contributed by atoms with E-state index in [9.17, 15) is 0 Å². The van der Waals surface area contributed by atoms with Crippen LogP contribution in [0.15, 0.2) is 23.2 Å². The van der Waals surface area contributed by atoms with Crippen LogP contribution in [0, 0.1) is 0 Å². The van der Waals surface area contributed by atoms with Gasteiger partial charge in [-0.25, -0.2) is 4.99 Å². The van der Waals surface area contributed by atoms with Gasteiger partial charge in [-0.05, 0) is 24.1 Å². The van der Waals surface area contributed by atoms with Crippen LogP contribution in [0.4, 0.5) is 0 Å². The fourth-order valence-electron chi connectivity index (χ4n) is 1.61. The van der Waals surface area contributed by atoms with Crippen molar-refractivity contribution in [2.45, 2.75) is 12.5 Å². The maximum Gasteiger partial charge on any atom is 0.189 e. The van der Waals surface area contributed by atoms with Crippen LogP contribution in [0.1, 0.15) is 18.0 Å². The summed E-state index contributed by atoms with van der Waals surface area (Å²) in [5.41, 5.74) is 6.59. The van der Waals surface area contributed by atoms with E-state index in [1.54, 1.807) is 6.07 Å². The summed E-state index contributed by atoms with van der Waals surface area (Å²) in [6, 6.07) is 5.48. The number of hydrogen-bond acceptors (Lipinski definition) is 3. The summed E-state index contributed by atoms with van der Waals surface area (Å²) in [6.07, 6.45) is 0.891. The van der Waals surface area contributed by atoms with Gasteiger partial charge in [-0.1, -0.05) is 29.3 Å². The maximum absolute atomic E-state index is 6.10. The number of nitrogens with two attached hydrogens (primary N) is 1. The van der Waals surface area contributed by atoms with E-state index in [0.29, 0.717) is 16.0 Å². The Balaban J connectivity index is 2.33. The maximum atomic E-state index is 6.10. The van der Waals surface area contributed by atoms with Crippen molar-refractivity contribution in [3.05, 3.63) is 33.8 Å². The molecular formula is C10H11Cl2N3. The molecule has 0 aliphatic carbocycles. The monoisotopic (exact) mass is 243 g/mol. The summed E-state index contributed by atoms with van der Waals surface area (Å²) < 4.78 is 0. The second-order valence-corrected chi connectivity index (χ2v) is 4.26. The molecule has 5 heteroatoms. The number of nitrogens with zero attached hydrogens (tertiary/aromatic N) is 1. The fourth-order valence-corrected chi connectivity index (χ4v) is 2.15. The molecule has 1 aliphatic heterocycles. The summed E-state index contributed by atoms with van der Waals surface area (Å²) >= 11 is 11.9. The van der Waals surface area contributed by atoms with Gasteiger partial charge in [0.2, 0.25) is 0 Å². The zero-order valence-electron chi connectivity index (χ0n) is 8.00. The number of guanidine groups is 1. The first kappa shape index (κ1) is 10.6. The highest BCUT2D eigenvalue weighted by Gasteiger charge is 2.17. The molecule has 1 aromatic rings. The molecule has 3 nitrogen and oxygen atoms in total. The van der Waals surface area contributed by atoms with Crippen LogP contribution in [0.25, 0.3) is 0 Å². The van der Waals surface area contributed by atoms with E-state index in [0.717, 1.165) is 18.5 Å². The van der Waals surface area contributed by atoms with E-state index in [1.165, 1.54) is 0 Å². The molecule has 1 aliphatic rings. The predicted octanol–water partition coefficient (Wildman–Crippen LogP) is 2.34. The lowest BCUT2D eigenvalue weighted by Crippen LogP contribution is -2.36. The average Bonchev–Trinajstić information content (AvgIpc) is 2.17. The zero-order chi connectivity index (χ0) is 10.8. The standard InChI is InChI=1S/C10H11Cl2N3/c11-6-1-2-7(8(12)5-6)9-3-4-14-10(13)15-9/h1-2,5,9H,3-4H2,(H3,13,14,15). The number of halogens is 2. The van der Waals surface area contributed by atoms with Gasteiger partial charge in [0.05, 0.1) is 6.04 Å². The number of aliphatic imine (C=N–C) groups is 1. The van der Waals surface area contributed by atoms with Gasteiger partial charge in [0.15, 0.2) is 5.96 Å². The predicted molar refractivity (Wildman–Crippen MR) is 63.4 cm³/mol. The average molecular weight is 244 g/mol. The number of rotatable bonds is 1. The van der Waals surface area contributed by atoms with Crippen molar-refractivity contribution in [3.8, 4) is 0 Å². The van der Waals surface area contributed by atoms with Crippen molar-refractivity contribution in [2.75, 3.05) is 6.54 Å². The van der Waals surface area contributed by atoms with Crippen LogP contribution < -0.4 is 11.1 Å². The van der Waals surface area contributed by atoms with E-state index in [-0.39, 0.29) is 6.04 Å². The molecule has 1 atom stereocenters. The van der Waals surface area contributed by atoms with E-state index < -0.39 is 0 Å². The summed E-state index contributed by atoms with van der Waals surface area (Å²) in [5, 5.41) is 4.25. The largest absolute Gasteiger partial charge is 0.370 e. The Hall–Kier alpha value is -0.930. The van der Waals surface area contributed by atoms with Crippen LogP contribution in [-0.2, 0) is 0 Å². The summed E-state index contributed by atoms with van der Waals surface area (Å²) in [6.45, 7) is 0.818. The van der Waals surface area contributed by atoms with Crippen molar-refractivity contribution < 1.29 is 0 Å². The minimum Gasteiger partial charge on any atom is -0.370 e. The molecular weight excluding hydrogens is 233 g/mol. The first-order chi connectivity index (χ1) is 7.16. The molecule has 0 saturated heterocycles. The molecule has 0 spiro atoms. The van der Waals surface area contributed by atoms with E-state index >= 15 is 0 Å². The Morgan fingerprint density at radius 1 is 1.40 bits per heavy atom. The van der Waals surface area contributed by atoms with Gasteiger partial charge in [0.1, 0.15) is 0 Å². The molecule has 0 amide bonds. The first-order valence-corrected chi connectivity index (χ1v) is 5.44. The van der Waals surface area contributed by atoms with Crippen molar-refractivity contribution in [1.29, 1.82) is 0 Å². The molecule has 80 valence electrons. The summed E-state index contributed by atoms with van der Waals surface area (Å²) in [7, 11) is 0. The molecule has 2 rings (SSSR count). The van der Waals surface area contributed by atoms with E-state index in [4.69, 9.17) is 28.9 Å². The summed E-state index contributed by atoms with van der Waals surface area (Å²) in [5.74, 6) is 0.470. The highest BCUT2D eigenvalue weighted by molar-refractivity contribution is 6.35. The van der Waals surface area contributed by atoms with Crippen molar-refractivity contribution >= 4 is 29.2 Å². The molecule has 0 bridgehead atoms. The lowest BCUT2D eigenvalue weighted by Gasteiger charge is -2.20. The Kier molecular flexibility index (Phi) is 3.03. The van der Waals surface area contributed by atoms with Crippen molar-refractivity contribution in [3.63, 3.8) is 0 Å². The third kappa shape index (κ3) is 2.36. The highest BCUT2D eigenvalue weighted by atomic mass is 35.5. The van der Waals surface area contributed by atoms with Crippen LogP contribution in [0.3, 0.4) is 0 Å². The van der Waals surface area contributed by atoms with Gasteiger partial charge in [-0.3, -0.25) is 0 Å². The lowest BCUT2D eigenvalue weighted by molar-refractivity contribution is 0.601. The highest BCUT2D eigenvalue weighted by Crippen LogP contribution is 2.31.